The molecule has 0 amide bonds. The number of benzene rings is 1. The minimum Gasteiger partial charge on any atom is -0.467 e. The molecule has 0 aliphatic heterocycles. The number of hydrogen-bond acceptors (Lipinski definition) is 3. The number of halogens is 1. The van der Waals surface area contributed by atoms with Crippen LogP contribution in [0.4, 0.5) is 10.1 Å². The first kappa shape index (κ1) is 10.8. The highest BCUT2D eigenvalue weighted by atomic mass is 19.1. The highest BCUT2D eigenvalue weighted by Crippen LogP contribution is 2.22. The number of rotatable bonds is 4. The monoisotopic (exact) mass is 199 g/mol. The minimum absolute atomic E-state index is 0.126. The van der Waals surface area contributed by atoms with Crippen molar-refractivity contribution in [2.24, 2.45) is 0 Å². The maximum absolute atomic E-state index is 13.4. The lowest BCUT2D eigenvalue weighted by Crippen LogP contribution is -2.10. The van der Waals surface area contributed by atoms with E-state index in [-0.39, 0.29) is 12.6 Å². The molecule has 0 bridgehead atoms. The maximum atomic E-state index is 13.4. The molecule has 0 atom stereocenters. The fraction of sp³-hybridized carbons (Fsp3) is 0.400. The number of nitrogens with zero attached hydrogens (tertiary/aromatic N) is 1. The van der Waals surface area contributed by atoms with Crippen molar-refractivity contribution in [3.63, 3.8) is 0 Å². The zero-order chi connectivity index (χ0) is 10.6. The summed E-state index contributed by atoms with van der Waals surface area (Å²) in [5.74, 6) is 0.165. The summed E-state index contributed by atoms with van der Waals surface area (Å²) in [7, 11) is 5.09. The molecule has 0 N–H and O–H groups in total. The SMILES string of the molecule is COCOc1ccc(N(C)C)c(F)c1. The summed E-state index contributed by atoms with van der Waals surface area (Å²) in [4.78, 5) is 1.70. The van der Waals surface area contributed by atoms with Gasteiger partial charge in [0, 0.05) is 27.3 Å². The van der Waals surface area contributed by atoms with Gasteiger partial charge in [-0.3, -0.25) is 0 Å². The lowest BCUT2D eigenvalue weighted by Gasteiger charge is -2.14. The molecule has 0 spiro atoms. The molecule has 14 heavy (non-hydrogen) atoms. The van der Waals surface area contributed by atoms with E-state index >= 15 is 0 Å². The van der Waals surface area contributed by atoms with Crippen LogP contribution in [0.15, 0.2) is 18.2 Å². The predicted molar refractivity (Wildman–Crippen MR) is 53.2 cm³/mol. The van der Waals surface area contributed by atoms with Crippen molar-refractivity contribution >= 4 is 5.69 Å². The zero-order valence-corrected chi connectivity index (χ0v) is 8.58. The van der Waals surface area contributed by atoms with Crippen molar-refractivity contribution in [3.8, 4) is 5.75 Å². The molecule has 0 aliphatic carbocycles. The van der Waals surface area contributed by atoms with Crippen LogP contribution >= 0.6 is 0 Å². The number of methoxy groups -OCH3 is 1. The Bertz CT molecular complexity index is 302. The van der Waals surface area contributed by atoms with Crippen LogP contribution in [0, 0.1) is 5.82 Å². The molecule has 0 saturated heterocycles. The van der Waals surface area contributed by atoms with E-state index < -0.39 is 0 Å². The molecule has 0 unspecified atom stereocenters. The lowest BCUT2D eigenvalue weighted by atomic mass is 10.3. The van der Waals surface area contributed by atoms with Crippen molar-refractivity contribution in [2.75, 3.05) is 32.9 Å². The molecule has 78 valence electrons. The average Bonchev–Trinajstić information content (AvgIpc) is 2.14. The largest absolute Gasteiger partial charge is 0.467 e. The first-order chi connectivity index (χ1) is 6.65. The van der Waals surface area contributed by atoms with Crippen molar-refractivity contribution in [1.29, 1.82) is 0 Å². The first-order valence-electron chi connectivity index (χ1n) is 4.23. The van der Waals surface area contributed by atoms with E-state index in [4.69, 9.17) is 9.47 Å². The van der Waals surface area contributed by atoms with Crippen LogP contribution < -0.4 is 9.64 Å². The third-order valence-corrected chi connectivity index (χ3v) is 1.74. The van der Waals surface area contributed by atoms with Gasteiger partial charge in [-0.15, -0.1) is 0 Å². The summed E-state index contributed by atoms with van der Waals surface area (Å²) in [6.07, 6.45) is 0. The fourth-order valence-electron chi connectivity index (χ4n) is 1.07. The zero-order valence-electron chi connectivity index (χ0n) is 8.58. The van der Waals surface area contributed by atoms with Crippen molar-refractivity contribution in [3.05, 3.63) is 24.0 Å². The Hall–Kier alpha value is -1.29. The fourth-order valence-corrected chi connectivity index (χ4v) is 1.07. The van der Waals surface area contributed by atoms with Gasteiger partial charge in [-0.1, -0.05) is 0 Å². The third-order valence-electron chi connectivity index (χ3n) is 1.74. The molecule has 0 aromatic heterocycles. The summed E-state index contributed by atoms with van der Waals surface area (Å²) in [6, 6.07) is 4.71. The van der Waals surface area contributed by atoms with Crippen molar-refractivity contribution in [2.45, 2.75) is 0 Å². The van der Waals surface area contributed by atoms with Crippen LogP contribution in [-0.2, 0) is 4.74 Å². The van der Waals surface area contributed by atoms with E-state index in [0.29, 0.717) is 11.4 Å². The highest BCUT2D eigenvalue weighted by molar-refractivity contribution is 5.49. The van der Waals surface area contributed by atoms with Gasteiger partial charge in [-0.25, -0.2) is 4.39 Å². The first-order valence-corrected chi connectivity index (χ1v) is 4.23. The predicted octanol–water partition coefficient (Wildman–Crippen LogP) is 1.87. The van der Waals surface area contributed by atoms with E-state index in [0.717, 1.165) is 0 Å². The maximum Gasteiger partial charge on any atom is 0.188 e. The lowest BCUT2D eigenvalue weighted by molar-refractivity contribution is 0.0509. The molecule has 4 heteroatoms. The van der Waals surface area contributed by atoms with Gasteiger partial charge in [0.25, 0.3) is 0 Å². The normalized spacial score (nSPS) is 10.0. The Kier molecular flexibility index (Phi) is 3.71. The van der Waals surface area contributed by atoms with Crippen LogP contribution in [0.2, 0.25) is 0 Å². The van der Waals surface area contributed by atoms with Crippen LogP contribution in [0.1, 0.15) is 0 Å². The molecule has 1 rings (SSSR count). The van der Waals surface area contributed by atoms with Crippen molar-refractivity contribution < 1.29 is 13.9 Å². The molecule has 1 aromatic rings. The molecule has 0 saturated carbocycles. The third kappa shape index (κ3) is 2.60. The molecule has 0 radical (unpaired) electrons. The quantitative estimate of drug-likeness (QED) is 0.691. The highest BCUT2D eigenvalue weighted by Gasteiger charge is 2.05. The van der Waals surface area contributed by atoms with Crippen LogP contribution in [-0.4, -0.2) is 28.0 Å². The number of anilines is 1. The summed E-state index contributed by atoms with van der Waals surface area (Å²) in [5, 5.41) is 0. The Balaban J connectivity index is 2.78. The molecule has 3 nitrogen and oxygen atoms in total. The Labute approximate surface area is 83.0 Å². The minimum atomic E-state index is -0.302. The summed E-state index contributed by atoms with van der Waals surface area (Å²) in [6.45, 7) is 0.126. The molecular formula is C10H14FNO2. The summed E-state index contributed by atoms with van der Waals surface area (Å²) in [5.41, 5.74) is 0.537. The second-order valence-corrected chi connectivity index (χ2v) is 3.06. The van der Waals surface area contributed by atoms with E-state index in [1.807, 2.05) is 0 Å². The van der Waals surface area contributed by atoms with Gasteiger partial charge in [-0.2, -0.15) is 0 Å². The number of ether oxygens (including phenoxy) is 2. The van der Waals surface area contributed by atoms with Crippen LogP contribution in [0.25, 0.3) is 0 Å². The van der Waals surface area contributed by atoms with Crippen molar-refractivity contribution in [1.82, 2.24) is 0 Å². The summed E-state index contributed by atoms with van der Waals surface area (Å²) >= 11 is 0. The summed E-state index contributed by atoms with van der Waals surface area (Å²) < 4.78 is 23.2. The Morgan fingerprint density at radius 3 is 2.57 bits per heavy atom. The van der Waals surface area contributed by atoms with E-state index in [9.17, 15) is 4.39 Å². The molecule has 1 aromatic carbocycles. The van der Waals surface area contributed by atoms with E-state index in [1.165, 1.54) is 13.2 Å². The van der Waals surface area contributed by atoms with Gasteiger partial charge in [0.15, 0.2) is 6.79 Å². The molecular weight excluding hydrogens is 185 g/mol. The van der Waals surface area contributed by atoms with Gasteiger partial charge in [0.2, 0.25) is 0 Å². The van der Waals surface area contributed by atoms with Gasteiger partial charge in [0.05, 0.1) is 5.69 Å². The van der Waals surface area contributed by atoms with Crippen LogP contribution in [0.5, 0.6) is 5.75 Å². The molecule has 0 heterocycles. The topological polar surface area (TPSA) is 21.7 Å². The molecule has 0 aliphatic rings. The van der Waals surface area contributed by atoms with Gasteiger partial charge < -0.3 is 14.4 Å². The second kappa shape index (κ2) is 4.81. The van der Waals surface area contributed by atoms with Gasteiger partial charge >= 0.3 is 0 Å². The number of hydrogen-bond donors (Lipinski definition) is 0. The second-order valence-electron chi connectivity index (χ2n) is 3.06. The Morgan fingerprint density at radius 1 is 1.36 bits per heavy atom. The average molecular weight is 199 g/mol. The van der Waals surface area contributed by atoms with Gasteiger partial charge in [0.1, 0.15) is 11.6 Å². The smallest absolute Gasteiger partial charge is 0.188 e. The van der Waals surface area contributed by atoms with Gasteiger partial charge in [-0.05, 0) is 12.1 Å². The standard InChI is InChI=1S/C10H14FNO2/c1-12(2)10-5-4-8(6-9(10)11)14-7-13-3/h4-6H,7H2,1-3H3. The molecule has 0 fully saturated rings. The van der Waals surface area contributed by atoms with Crippen LogP contribution in [0.3, 0.4) is 0 Å². The Morgan fingerprint density at radius 2 is 2.07 bits per heavy atom. The van der Waals surface area contributed by atoms with E-state index in [2.05, 4.69) is 0 Å². The van der Waals surface area contributed by atoms with E-state index in [1.54, 1.807) is 31.1 Å².